The Labute approximate surface area is 108 Å². The van der Waals surface area contributed by atoms with Crippen LogP contribution < -0.4 is 10.6 Å². The van der Waals surface area contributed by atoms with Gasteiger partial charge in [0, 0.05) is 24.8 Å². The minimum atomic E-state index is 0.609. The smallest absolute Gasteiger partial charge is 0.0660 e. The van der Waals surface area contributed by atoms with Crippen LogP contribution in [0.3, 0.4) is 0 Å². The van der Waals surface area contributed by atoms with Gasteiger partial charge in [0.1, 0.15) is 0 Å². The summed E-state index contributed by atoms with van der Waals surface area (Å²) in [6, 6.07) is 6.38. The largest absolute Gasteiger partial charge is 0.399 e. The van der Waals surface area contributed by atoms with Crippen molar-refractivity contribution < 1.29 is 0 Å². The SMILES string of the molecule is CN(C)C1CCCN(c2ccc(N)cc2Cl)C1. The summed E-state index contributed by atoms with van der Waals surface area (Å²) in [6.45, 7) is 2.12. The van der Waals surface area contributed by atoms with Crippen molar-refractivity contribution in [2.24, 2.45) is 0 Å². The standard InChI is InChI=1S/C13H20ClN3/c1-16(2)11-4-3-7-17(9-11)13-6-5-10(15)8-12(13)14/h5-6,8,11H,3-4,7,9,15H2,1-2H3. The fraction of sp³-hybridized carbons (Fsp3) is 0.538. The Morgan fingerprint density at radius 3 is 2.82 bits per heavy atom. The van der Waals surface area contributed by atoms with Gasteiger partial charge in [0.05, 0.1) is 10.7 Å². The number of halogens is 1. The van der Waals surface area contributed by atoms with Crippen molar-refractivity contribution in [3.8, 4) is 0 Å². The predicted octanol–water partition coefficient (Wildman–Crippen LogP) is 2.45. The molecule has 1 fully saturated rings. The van der Waals surface area contributed by atoms with E-state index in [1.165, 1.54) is 12.8 Å². The van der Waals surface area contributed by atoms with Crippen molar-refractivity contribution in [3.63, 3.8) is 0 Å². The van der Waals surface area contributed by atoms with Gasteiger partial charge in [-0.2, -0.15) is 0 Å². The van der Waals surface area contributed by atoms with E-state index >= 15 is 0 Å². The summed E-state index contributed by atoms with van der Waals surface area (Å²) in [5.41, 5.74) is 7.55. The summed E-state index contributed by atoms with van der Waals surface area (Å²) in [6.07, 6.45) is 2.47. The first-order valence-corrected chi connectivity index (χ1v) is 6.42. The fourth-order valence-corrected chi connectivity index (χ4v) is 2.68. The Bertz CT molecular complexity index is 392. The molecular formula is C13H20ClN3. The maximum atomic E-state index is 6.25. The average molecular weight is 254 g/mol. The van der Waals surface area contributed by atoms with Crippen LogP contribution >= 0.6 is 11.6 Å². The Morgan fingerprint density at radius 2 is 2.18 bits per heavy atom. The molecule has 3 nitrogen and oxygen atoms in total. The topological polar surface area (TPSA) is 32.5 Å². The third-order valence-corrected chi connectivity index (χ3v) is 3.74. The van der Waals surface area contributed by atoms with Crippen molar-refractivity contribution in [1.29, 1.82) is 0 Å². The number of benzene rings is 1. The summed E-state index contributed by atoms with van der Waals surface area (Å²) in [5.74, 6) is 0. The van der Waals surface area contributed by atoms with Gasteiger partial charge in [0.2, 0.25) is 0 Å². The molecule has 0 aromatic heterocycles. The second-order valence-corrected chi connectivity index (χ2v) is 5.32. The van der Waals surface area contributed by atoms with Crippen LogP contribution in [0.2, 0.25) is 5.02 Å². The number of nitrogens with two attached hydrogens (primary N) is 1. The minimum absolute atomic E-state index is 0.609. The predicted molar refractivity (Wildman–Crippen MR) is 74.8 cm³/mol. The van der Waals surface area contributed by atoms with E-state index in [0.717, 1.165) is 29.5 Å². The first kappa shape index (κ1) is 12.5. The highest BCUT2D eigenvalue weighted by Gasteiger charge is 2.22. The molecule has 1 aliphatic heterocycles. The summed E-state index contributed by atoms with van der Waals surface area (Å²) >= 11 is 6.25. The molecule has 1 saturated heterocycles. The number of nitrogens with zero attached hydrogens (tertiary/aromatic N) is 2. The van der Waals surface area contributed by atoms with E-state index in [0.29, 0.717) is 6.04 Å². The lowest BCUT2D eigenvalue weighted by atomic mass is 10.0. The maximum absolute atomic E-state index is 6.25. The second-order valence-electron chi connectivity index (χ2n) is 4.92. The van der Waals surface area contributed by atoms with Crippen molar-refractivity contribution in [2.45, 2.75) is 18.9 Å². The number of anilines is 2. The summed E-state index contributed by atoms with van der Waals surface area (Å²) in [5, 5.41) is 0.754. The Kier molecular flexibility index (Phi) is 3.79. The van der Waals surface area contributed by atoms with E-state index in [-0.39, 0.29) is 0 Å². The van der Waals surface area contributed by atoms with Crippen LogP contribution in [0.5, 0.6) is 0 Å². The molecule has 1 aromatic carbocycles. The summed E-state index contributed by atoms with van der Waals surface area (Å²) in [7, 11) is 4.28. The molecule has 94 valence electrons. The van der Waals surface area contributed by atoms with Gasteiger partial charge >= 0.3 is 0 Å². The van der Waals surface area contributed by atoms with E-state index in [2.05, 4.69) is 23.9 Å². The van der Waals surface area contributed by atoms with E-state index in [1.54, 1.807) is 0 Å². The lowest BCUT2D eigenvalue weighted by molar-refractivity contribution is 0.258. The molecule has 1 atom stereocenters. The van der Waals surface area contributed by atoms with Crippen molar-refractivity contribution in [1.82, 2.24) is 4.90 Å². The maximum Gasteiger partial charge on any atom is 0.0660 e. The molecule has 0 radical (unpaired) electrons. The highest BCUT2D eigenvalue weighted by Crippen LogP contribution is 2.30. The highest BCUT2D eigenvalue weighted by molar-refractivity contribution is 6.33. The Hall–Kier alpha value is -0.930. The van der Waals surface area contributed by atoms with Crippen LogP contribution in [-0.2, 0) is 0 Å². The van der Waals surface area contributed by atoms with Crippen LogP contribution in [-0.4, -0.2) is 38.1 Å². The zero-order chi connectivity index (χ0) is 12.4. The van der Waals surface area contributed by atoms with Crippen molar-refractivity contribution in [2.75, 3.05) is 37.8 Å². The first-order chi connectivity index (χ1) is 8.08. The third-order valence-electron chi connectivity index (χ3n) is 3.44. The molecule has 1 heterocycles. The molecule has 1 unspecified atom stereocenters. The first-order valence-electron chi connectivity index (χ1n) is 6.04. The average Bonchev–Trinajstić information content (AvgIpc) is 2.29. The molecule has 4 heteroatoms. The van der Waals surface area contributed by atoms with E-state index in [1.807, 2.05) is 18.2 Å². The summed E-state index contributed by atoms with van der Waals surface area (Å²) in [4.78, 5) is 4.65. The van der Waals surface area contributed by atoms with E-state index in [9.17, 15) is 0 Å². The molecule has 17 heavy (non-hydrogen) atoms. The van der Waals surface area contributed by atoms with Gasteiger partial charge in [-0.05, 0) is 45.1 Å². The molecule has 0 aliphatic carbocycles. The minimum Gasteiger partial charge on any atom is -0.399 e. The van der Waals surface area contributed by atoms with Gasteiger partial charge in [0.25, 0.3) is 0 Å². The van der Waals surface area contributed by atoms with Crippen LogP contribution in [0.4, 0.5) is 11.4 Å². The van der Waals surface area contributed by atoms with Gasteiger partial charge < -0.3 is 15.5 Å². The van der Waals surface area contributed by atoms with Crippen LogP contribution in [0.1, 0.15) is 12.8 Å². The second kappa shape index (κ2) is 5.15. The molecule has 0 bridgehead atoms. The normalized spacial score (nSPS) is 20.9. The molecule has 2 rings (SSSR count). The molecule has 1 aromatic rings. The monoisotopic (exact) mass is 253 g/mol. The van der Waals surface area contributed by atoms with Crippen molar-refractivity contribution in [3.05, 3.63) is 23.2 Å². The van der Waals surface area contributed by atoms with Crippen molar-refractivity contribution >= 4 is 23.0 Å². The highest BCUT2D eigenvalue weighted by atomic mass is 35.5. The third kappa shape index (κ3) is 2.85. The molecule has 0 saturated carbocycles. The zero-order valence-electron chi connectivity index (χ0n) is 10.5. The van der Waals surface area contributed by atoms with Crippen LogP contribution in [0.25, 0.3) is 0 Å². The molecule has 0 spiro atoms. The van der Waals surface area contributed by atoms with Gasteiger partial charge in [-0.3, -0.25) is 0 Å². The number of piperidine rings is 1. The number of hydrogen-bond acceptors (Lipinski definition) is 3. The van der Waals surface area contributed by atoms with Gasteiger partial charge in [-0.1, -0.05) is 11.6 Å². The zero-order valence-corrected chi connectivity index (χ0v) is 11.2. The van der Waals surface area contributed by atoms with Crippen LogP contribution in [0, 0.1) is 0 Å². The Morgan fingerprint density at radius 1 is 1.41 bits per heavy atom. The number of hydrogen-bond donors (Lipinski definition) is 1. The molecule has 1 aliphatic rings. The molecule has 0 amide bonds. The lowest BCUT2D eigenvalue weighted by Gasteiger charge is -2.37. The molecule has 2 N–H and O–H groups in total. The van der Waals surface area contributed by atoms with Gasteiger partial charge in [0.15, 0.2) is 0 Å². The van der Waals surface area contributed by atoms with E-state index in [4.69, 9.17) is 17.3 Å². The van der Waals surface area contributed by atoms with Gasteiger partial charge in [-0.15, -0.1) is 0 Å². The van der Waals surface area contributed by atoms with Gasteiger partial charge in [-0.25, -0.2) is 0 Å². The number of nitrogen functional groups attached to an aromatic ring is 1. The molecular weight excluding hydrogens is 234 g/mol. The quantitative estimate of drug-likeness (QED) is 0.822. The fourth-order valence-electron chi connectivity index (χ4n) is 2.37. The number of rotatable bonds is 2. The van der Waals surface area contributed by atoms with E-state index < -0.39 is 0 Å². The van der Waals surface area contributed by atoms with Crippen LogP contribution in [0.15, 0.2) is 18.2 Å². The summed E-state index contributed by atoms with van der Waals surface area (Å²) < 4.78 is 0. The lowest BCUT2D eigenvalue weighted by Crippen LogP contribution is -2.45. The Balaban J connectivity index is 2.16. The number of likely N-dealkylation sites (N-methyl/N-ethyl adjacent to an activating group) is 1.